The van der Waals surface area contributed by atoms with Crippen molar-refractivity contribution in [3.05, 3.63) is 82.9 Å². The van der Waals surface area contributed by atoms with E-state index in [0.717, 1.165) is 52.7 Å². The van der Waals surface area contributed by atoms with Gasteiger partial charge in [-0.15, -0.1) is 0 Å². The lowest BCUT2D eigenvalue weighted by Gasteiger charge is -2.30. The van der Waals surface area contributed by atoms with Crippen molar-refractivity contribution in [1.29, 1.82) is 0 Å². The minimum absolute atomic E-state index is 0.0219. The zero-order valence-corrected chi connectivity index (χ0v) is 31.8. The number of methoxy groups -OCH3 is 3. The average Bonchev–Trinajstić information content (AvgIpc) is 4.03. The number of hydrogen-bond acceptors (Lipinski definition) is 9. The highest BCUT2D eigenvalue weighted by molar-refractivity contribution is 5.97. The van der Waals surface area contributed by atoms with Gasteiger partial charge in [0.25, 0.3) is 5.91 Å². The number of aromatic amines is 2. The molecule has 6 rings (SSSR count). The SMILES string of the molecule is COC(=O)N/C(C(=O)N1CCC[C@H]1c1nc2ccc(C#Cc3ccc(-c4cnc([C@@H]5CCCN5C(=O)[C@@H](NC(=O)OC)C(C)C)[nH]4)cc3)cc2[nH]1)=C(\C)OC. The molecule has 15 heteroatoms. The van der Waals surface area contributed by atoms with Crippen molar-refractivity contribution in [2.45, 2.75) is 64.6 Å². The molecule has 0 aliphatic carbocycles. The molecule has 4 amide bonds. The van der Waals surface area contributed by atoms with E-state index in [9.17, 15) is 19.2 Å². The molecule has 15 nitrogen and oxygen atoms in total. The third-order valence-electron chi connectivity index (χ3n) is 10.00. The number of carbonyl (C=O) groups is 4. The van der Waals surface area contributed by atoms with Gasteiger partial charge in [0, 0.05) is 24.2 Å². The number of rotatable bonds is 9. The molecule has 2 fully saturated rings. The summed E-state index contributed by atoms with van der Waals surface area (Å²) >= 11 is 0. The van der Waals surface area contributed by atoms with Crippen molar-refractivity contribution in [3.8, 4) is 23.1 Å². The number of likely N-dealkylation sites (tertiary alicyclic amines) is 2. The zero-order valence-electron chi connectivity index (χ0n) is 31.8. The Morgan fingerprint density at radius 1 is 0.836 bits per heavy atom. The fourth-order valence-electron chi connectivity index (χ4n) is 6.97. The molecule has 288 valence electrons. The Balaban J connectivity index is 1.13. The van der Waals surface area contributed by atoms with Crippen molar-refractivity contribution >= 4 is 35.0 Å². The second-order valence-electron chi connectivity index (χ2n) is 13.8. The van der Waals surface area contributed by atoms with Crippen molar-refractivity contribution in [1.82, 2.24) is 40.4 Å². The van der Waals surface area contributed by atoms with E-state index in [0.29, 0.717) is 31.2 Å². The number of ether oxygens (including phenoxy) is 3. The number of nitrogens with one attached hydrogen (secondary N) is 4. The van der Waals surface area contributed by atoms with Gasteiger partial charge < -0.3 is 39.3 Å². The first-order chi connectivity index (χ1) is 26.5. The van der Waals surface area contributed by atoms with Crippen LogP contribution in [0, 0.1) is 17.8 Å². The Morgan fingerprint density at radius 3 is 2.16 bits per heavy atom. The Bertz CT molecular complexity index is 2160. The number of alkyl carbamates (subject to hydrolysis) is 2. The predicted octanol–water partition coefficient (Wildman–Crippen LogP) is 5.29. The monoisotopic (exact) mass is 750 g/mol. The third kappa shape index (κ3) is 8.43. The number of fused-ring (bicyclic) bond motifs is 1. The molecule has 2 aromatic carbocycles. The Morgan fingerprint density at radius 2 is 1.49 bits per heavy atom. The lowest BCUT2D eigenvalue weighted by Crippen LogP contribution is -2.51. The number of carbonyl (C=O) groups excluding carboxylic acids is 4. The highest BCUT2D eigenvalue weighted by Crippen LogP contribution is 2.34. The van der Waals surface area contributed by atoms with Crippen molar-refractivity contribution in [3.63, 3.8) is 0 Å². The van der Waals surface area contributed by atoms with Crippen LogP contribution in [0.5, 0.6) is 0 Å². The second kappa shape index (κ2) is 16.8. The van der Waals surface area contributed by atoms with E-state index in [4.69, 9.17) is 19.2 Å². The quantitative estimate of drug-likeness (QED) is 0.100. The number of benzene rings is 2. The van der Waals surface area contributed by atoms with Gasteiger partial charge in [-0.2, -0.15) is 0 Å². The van der Waals surface area contributed by atoms with E-state index >= 15 is 0 Å². The second-order valence-corrected chi connectivity index (χ2v) is 13.8. The lowest BCUT2D eigenvalue weighted by atomic mass is 10.0. The van der Waals surface area contributed by atoms with Gasteiger partial charge in [-0.25, -0.2) is 19.6 Å². The molecule has 3 atom stereocenters. The van der Waals surface area contributed by atoms with Crippen molar-refractivity contribution in [2.75, 3.05) is 34.4 Å². The third-order valence-corrected chi connectivity index (χ3v) is 10.00. The smallest absolute Gasteiger partial charge is 0.411 e. The maximum atomic E-state index is 13.6. The molecule has 0 saturated carbocycles. The largest absolute Gasteiger partial charge is 0.499 e. The van der Waals surface area contributed by atoms with Crippen molar-refractivity contribution < 1.29 is 33.4 Å². The summed E-state index contributed by atoms with van der Waals surface area (Å²) in [7, 11) is 3.95. The Kier molecular flexibility index (Phi) is 11.7. The van der Waals surface area contributed by atoms with E-state index < -0.39 is 18.2 Å². The molecule has 4 aromatic rings. The number of hydrogen-bond donors (Lipinski definition) is 4. The first-order valence-corrected chi connectivity index (χ1v) is 18.2. The van der Waals surface area contributed by atoms with E-state index in [1.807, 2.05) is 56.3 Å². The van der Waals surface area contributed by atoms with Crippen LogP contribution in [0.4, 0.5) is 9.59 Å². The maximum Gasteiger partial charge on any atom is 0.411 e. The Hall–Kier alpha value is -6.30. The number of nitrogens with zero attached hydrogens (tertiary/aromatic N) is 4. The topological polar surface area (TPSA) is 184 Å². The summed E-state index contributed by atoms with van der Waals surface area (Å²) in [4.78, 5) is 70.6. The van der Waals surface area contributed by atoms with E-state index in [1.54, 1.807) is 22.9 Å². The normalized spacial score (nSPS) is 17.7. The van der Waals surface area contributed by atoms with Gasteiger partial charge in [0.05, 0.1) is 56.3 Å². The van der Waals surface area contributed by atoms with Gasteiger partial charge in [-0.3, -0.25) is 14.9 Å². The highest BCUT2D eigenvalue weighted by Gasteiger charge is 2.38. The van der Waals surface area contributed by atoms with E-state index in [2.05, 4.69) is 37.4 Å². The molecular weight excluding hydrogens is 704 g/mol. The van der Waals surface area contributed by atoms with E-state index in [-0.39, 0.29) is 41.3 Å². The molecule has 0 spiro atoms. The summed E-state index contributed by atoms with van der Waals surface area (Å²) in [6, 6.07) is 12.4. The molecule has 0 unspecified atom stereocenters. The maximum absolute atomic E-state index is 13.6. The van der Waals surface area contributed by atoms with Crippen LogP contribution in [-0.2, 0) is 23.8 Å². The van der Waals surface area contributed by atoms with Crippen LogP contribution in [0.2, 0.25) is 0 Å². The molecule has 0 radical (unpaired) electrons. The summed E-state index contributed by atoms with van der Waals surface area (Å²) in [5, 5.41) is 5.18. The van der Waals surface area contributed by atoms with Crippen LogP contribution in [0.3, 0.4) is 0 Å². The molecular formula is C40H46N8O7. The molecule has 0 bridgehead atoms. The minimum Gasteiger partial charge on any atom is -0.499 e. The standard InChI is InChI=1S/C40H46N8O7/c1-23(2)33(45-39(51)54-5)37(49)47-19-7-9-31(47)35-41-22-30(44-35)27-16-13-25(14-17-27)11-12-26-15-18-28-29(21-26)43-36(42-28)32-10-8-20-48(32)38(50)34(24(3)53-4)46-40(52)55-6/h13-18,21-23,31-33H,7-10,19-20H2,1-6H3,(H,41,44)(H,42,43)(H,45,51)(H,46,52)/b34-24+/t31-,32-,33-/m0/s1. The number of imidazole rings is 2. The van der Waals surface area contributed by atoms with Gasteiger partial charge in [-0.05, 0) is 74.4 Å². The van der Waals surface area contributed by atoms with Crippen LogP contribution in [0.25, 0.3) is 22.3 Å². The molecule has 55 heavy (non-hydrogen) atoms. The number of allylic oxidation sites excluding steroid dienone is 1. The lowest BCUT2D eigenvalue weighted by molar-refractivity contribution is -0.135. The fraction of sp³-hybridized carbons (Fsp3) is 0.400. The summed E-state index contributed by atoms with van der Waals surface area (Å²) in [5.74, 6) is 7.45. The summed E-state index contributed by atoms with van der Waals surface area (Å²) in [5.41, 5.74) is 4.95. The first kappa shape index (κ1) is 38.4. The van der Waals surface area contributed by atoms with E-state index in [1.165, 1.54) is 21.3 Å². The Labute approximate surface area is 319 Å². The molecule has 2 aromatic heterocycles. The number of aromatic nitrogens is 4. The average molecular weight is 751 g/mol. The van der Waals surface area contributed by atoms with Crippen LogP contribution >= 0.6 is 0 Å². The molecule has 2 saturated heterocycles. The van der Waals surface area contributed by atoms with Gasteiger partial charge in [0.2, 0.25) is 5.91 Å². The minimum atomic E-state index is -0.758. The zero-order chi connectivity index (χ0) is 39.2. The summed E-state index contributed by atoms with van der Waals surface area (Å²) in [6.45, 7) is 6.47. The summed E-state index contributed by atoms with van der Waals surface area (Å²) in [6.07, 6.45) is 3.47. The molecule has 2 aliphatic rings. The van der Waals surface area contributed by atoms with Crippen LogP contribution in [-0.4, -0.2) is 94.2 Å². The number of H-pyrrole nitrogens is 2. The summed E-state index contributed by atoms with van der Waals surface area (Å²) < 4.78 is 14.7. The van der Waals surface area contributed by atoms with Crippen molar-refractivity contribution in [2.24, 2.45) is 5.92 Å². The highest BCUT2D eigenvalue weighted by atomic mass is 16.5. The predicted molar refractivity (Wildman–Crippen MR) is 203 cm³/mol. The van der Waals surface area contributed by atoms with Gasteiger partial charge in [0.15, 0.2) is 0 Å². The first-order valence-electron chi connectivity index (χ1n) is 18.2. The van der Waals surface area contributed by atoms with Crippen LogP contribution < -0.4 is 10.6 Å². The molecule has 4 N–H and O–H groups in total. The van der Waals surface area contributed by atoms with Gasteiger partial charge in [0.1, 0.15) is 29.1 Å². The van der Waals surface area contributed by atoms with Crippen LogP contribution in [0.15, 0.2) is 60.1 Å². The van der Waals surface area contributed by atoms with Gasteiger partial charge >= 0.3 is 12.2 Å². The molecule has 2 aliphatic heterocycles. The molecule has 4 heterocycles. The van der Waals surface area contributed by atoms with Gasteiger partial charge in [-0.1, -0.05) is 37.8 Å². The fourth-order valence-corrected chi connectivity index (χ4v) is 6.97. The number of amides is 4. The van der Waals surface area contributed by atoms with Crippen LogP contribution in [0.1, 0.15) is 81.3 Å².